The molecule has 21 heavy (non-hydrogen) atoms. The lowest BCUT2D eigenvalue weighted by Crippen LogP contribution is -2.00. The van der Waals surface area contributed by atoms with Gasteiger partial charge in [-0.05, 0) is 41.7 Å². The zero-order chi connectivity index (χ0) is 14.8. The van der Waals surface area contributed by atoms with Gasteiger partial charge in [-0.3, -0.25) is 0 Å². The molecule has 0 unspecified atom stereocenters. The van der Waals surface area contributed by atoms with E-state index in [4.69, 9.17) is 4.74 Å². The number of benzene rings is 2. The second kappa shape index (κ2) is 5.65. The number of hydrogen-bond donors (Lipinski definition) is 1. The van der Waals surface area contributed by atoms with Gasteiger partial charge in [0.1, 0.15) is 12.4 Å². The molecule has 2 nitrogen and oxygen atoms in total. The number of ether oxygens (including phenoxy) is 1. The highest BCUT2D eigenvalue weighted by Crippen LogP contribution is 2.33. The summed E-state index contributed by atoms with van der Waals surface area (Å²) in [5.74, 6) is 1.42. The number of aryl methyl sites for hydroxylation is 1. The van der Waals surface area contributed by atoms with Gasteiger partial charge in [0.25, 0.3) is 0 Å². The van der Waals surface area contributed by atoms with Gasteiger partial charge in [-0.1, -0.05) is 44.2 Å². The molecule has 0 spiro atoms. The summed E-state index contributed by atoms with van der Waals surface area (Å²) in [5.41, 5.74) is 4.88. The Labute approximate surface area is 125 Å². The van der Waals surface area contributed by atoms with E-state index >= 15 is 0 Å². The van der Waals surface area contributed by atoms with Gasteiger partial charge in [0.15, 0.2) is 0 Å². The third kappa shape index (κ3) is 2.80. The monoisotopic (exact) mass is 279 g/mol. The normalized spacial score (nSPS) is 11.2. The van der Waals surface area contributed by atoms with Crippen LogP contribution >= 0.6 is 0 Å². The molecule has 0 amide bonds. The molecule has 1 heterocycles. The van der Waals surface area contributed by atoms with Gasteiger partial charge in [-0.2, -0.15) is 0 Å². The lowest BCUT2D eigenvalue weighted by molar-refractivity contribution is 0.302. The van der Waals surface area contributed by atoms with Crippen molar-refractivity contribution in [2.24, 2.45) is 0 Å². The zero-order valence-electron chi connectivity index (χ0n) is 12.8. The lowest BCUT2D eigenvalue weighted by atomic mass is 10.00. The van der Waals surface area contributed by atoms with Crippen molar-refractivity contribution < 1.29 is 4.74 Å². The van der Waals surface area contributed by atoms with Gasteiger partial charge in [0.2, 0.25) is 0 Å². The Morgan fingerprint density at radius 1 is 1.10 bits per heavy atom. The summed E-state index contributed by atoms with van der Waals surface area (Å²) in [6.07, 6.45) is 2.05. The quantitative estimate of drug-likeness (QED) is 0.699. The van der Waals surface area contributed by atoms with Gasteiger partial charge >= 0.3 is 0 Å². The first-order valence-corrected chi connectivity index (χ1v) is 7.43. The summed E-state index contributed by atoms with van der Waals surface area (Å²) in [4.78, 5) is 3.33. The summed E-state index contributed by atoms with van der Waals surface area (Å²) in [7, 11) is 0. The summed E-state index contributed by atoms with van der Waals surface area (Å²) < 4.78 is 6.10. The fourth-order valence-corrected chi connectivity index (χ4v) is 2.62. The molecular formula is C19H21NO. The summed E-state index contributed by atoms with van der Waals surface area (Å²) in [6, 6.07) is 14.7. The van der Waals surface area contributed by atoms with E-state index in [0.29, 0.717) is 12.5 Å². The minimum Gasteiger partial charge on any atom is -0.489 e. The van der Waals surface area contributed by atoms with E-state index in [0.717, 1.165) is 5.75 Å². The van der Waals surface area contributed by atoms with Crippen molar-refractivity contribution in [1.82, 2.24) is 4.98 Å². The lowest BCUT2D eigenvalue weighted by Gasteiger charge is -2.15. The predicted molar refractivity (Wildman–Crippen MR) is 87.9 cm³/mol. The molecule has 3 rings (SSSR count). The molecule has 3 aromatic rings. The van der Waals surface area contributed by atoms with Crippen molar-refractivity contribution >= 4 is 10.9 Å². The Morgan fingerprint density at radius 3 is 2.57 bits per heavy atom. The number of aromatic nitrogens is 1. The summed E-state index contributed by atoms with van der Waals surface area (Å²) in [6.45, 7) is 7.13. The maximum Gasteiger partial charge on any atom is 0.124 e. The molecule has 0 bridgehead atoms. The highest BCUT2D eigenvalue weighted by Gasteiger charge is 2.12. The number of nitrogens with one attached hydrogen (secondary N) is 1. The topological polar surface area (TPSA) is 25.0 Å². The Kier molecular flexibility index (Phi) is 3.70. The molecular weight excluding hydrogens is 258 g/mol. The fourth-order valence-electron chi connectivity index (χ4n) is 2.62. The van der Waals surface area contributed by atoms with Crippen molar-refractivity contribution in [2.45, 2.75) is 33.3 Å². The largest absolute Gasteiger partial charge is 0.489 e. The van der Waals surface area contributed by atoms with E-state index in [1.165, 1.54) is 27.6 Å². The summed E-state index contributed by atoms with van der Waals surface area (Å²) >= 11 is 0. The summed E-state index contributed by atoms with van der Waals surface area (Å²) in [5, 5.41) is 1.24. The van der Waals surface area contributed by atoms with E-state index in [9.17, 15) is 0 Å². The number of rotatable bonds is 4. The van der Waals surface area contributed by atoms with Gasteiger partial charge in [-0.25, -0.2) is 0 Å². The molecule has 0 saturated heterocycles. The van der Waals surface area contributed by atoms with Gasteiger partial charge in [0, 0.05) is 17.1 Å². The molecule has 0 aliphatic heterocycles. The highest BCUT2D eigenvalue weighted by molar-refractivity contribution is 5.85. The Hall–Kier alpha value is -2.22. The van der Waals surface area contributed by atoms with Crippen LogP contribution in [0.4, 0.5) is 0 Å². The van der Waals surface area contributed by atoms with Crippen LogP contribution in [0.2, 0.25) is 0 Å². The average Bonchev–Trinajstić information content (AvgIpc) is 2.86. The average molecular weight is 279 g/mol. The molecule has 1 aromatic heterocycles. The number of fused-ring (bicyclic) bond motifs is 1. The minimum atomic E-state index is 0.434. The van der Waals surface area contributed by atoms with E-state index in [1.54, 1.807) is 0 Å². The van der Waals surface area contributed by atoms with E-state index < -0.39 is 0 Å². The van der Waals surface area contributed by atoms with Crippen LogP contribution in [-0.2, 0) is 6.61 Å². The van der Waals surface area contributed by atoms with Crippen LogP contribution in [0.1, 0.15) is 36.5 Å². The van der Waals surface area contributed by atoms with Crippen molar-refractivity contribution in [3.05, 3.63) is 65.4 Å². The molecule has 0 atom stereocenters. The fraction of sp³-hybridized carbons (Fsp3) is 0.263. The standard InChI is InChI=1S/C19H21NO/c1-13(2)16-9-18-17(14(3)11-20-18)10-19(16)21-12-15-7-5-4-6-8-15/h4-11,13,20H,12H2,1-3H3. The van der Waals surface area contributed by atoms with Crippen LogP contribution in [0.5, 0.6) is 5.75 Å². The molecule has 108 valence electrons. The van der Waals surface area contributed by atoms with Crippen molar-refractivity contribution in [1.29, 1.82) is 0 Å². The van der Waals surface area contributed by atoms with E-state index in [2.05, 4.69) is 56.2 Å². The smallest absolute Gasteiger partial charge is 0.124 e. The van der Waals surface area contributed by atoms with E-state index in [-0.39, 0.29) is 0 Å². The predicted octanol–water partition coefficient (Wildman–Crippen LogP) is 5.18. The SMILES string of the molecule is Cc1c[nH]c2cc(C(C)C)c(OCc3ccccc3)cc12. The Balaban J connectivity index is 1.95. The van der Waals surface area contributed by atoms with Crippen molar-refractivity contribution in [3.8, 4) is 5.75 Å². The number of hydrogen-bond acceptors (Lipinski definition) is 1. The van der Waals surface area contributed by atoms with Crippen LogP contribution in [0.3, 0.4) is 0 Å². The molecule has 0 fully saturated rings. The third-order valence-corrected chi connectivity index (χ3v) is 3.88. The van der Waals surface area contributed by atoms with Crippen LogP contribution in [0.25, 0.3) is 10.9 Å². The maximum absolute atomic E-state index is 6.10. The second-order valence-corrected chi connectivity index (χ2v) is 5.84. The van der Waals surface area contributed by atoms with Crippen LogP contribution in [-0.4, -0.2) is 4.98 Å². The van der Waals surface area contributed by atoms with Crippen LogP contribution in [0, 0.1) is 6.92 Å². The van der Waals surface area contributed by atoms with Gasteiger partial charge < -0.3 is 9.72 Å². The highest BCUT2D eigenvalue weighted by atomic mass is 16.5. The Morgan fingerprint density at radius 2 is 1.86 bits per heavy atom. The first-order valence-electron chi connectivity index (χ1n) is 7.43. The molecule has 2 aromatic carbocycles. The number of H-pyrrole nitrogens is 1. The third-order valence-electron chi connectivity index (χ3n) is 3.88. The number of aromatic amines is 1. The maximum atomic E-state index is 6.10. The first kappa shape index (κ1) is 13.7. The zero-order valence-corrected chi connectivity index (χ0v) is 12.8. The van der Waals surface area contributed by atoms with Crippen molar-refractivity contribution in [2.75, 3.05) is 0 Å². The van der Waals surface area contributed by atoms with E-state index in [1.807, 2.05) is 18.2 Å². The molecule has 2 heteroatoms. The van der Waals surface area contributed by atoms with Gasteiger partial charge in [-0.15, -0.1) is 0 Å². The second-order valence-electron chi connectivity index (χ2n) is 5.84. The molecule has 0 aliphatic rings. The molecule has 0 radical (unpaired) electrons. The minimum absolute atomic E-state index is 0.434. The molecule has 0 aliphatic carbocycles. The molecule has 0 saturated carbocycles. The van der Waals surface area contributed by atoms with Crippen LogP contribution in [0.15, 0.2) is 48.7 Å². The van der Waals surface area contributed by atoms with Crippen LogP contribution < -0.4 is 4.74 Å². The molecule has 1 N–H and O–H groups in total. The van der Waals surface area contributed by atoms with Gasteiger partial charge in [0.05, 0.1) is 0 Å². The first-order chi connectivity index (χ1) is 10.1. The van der Waals surface area contributed by atoms with Crippen molar-refractivity contribution in [3.63, 3.8) is 0 Å². The Bertz CT molecular complexity index is 741.